The number of hydrogen-bond acceptors (Lipinski definition) is 6. The number of aliphatic hydroxyl groups excluding tert-OH is 1. The predicted molar refractivity (Wildman–Crippen MR) is 123 cm³/mol. The highest BCUT2D eigenvalue weighted by Crippen LogP contribution is 2.30. The third kappa shape index (κ3) is 5.57. The van der Waals surface area contributed by atoms with Crippen molar-refractivity contribution in [2.45, 2.75) is 12.0 Å². The van der Waals surface area contributed by atoms with Crippen molar-refractivity contribution >= 4 is 12.1 Å². The number of amides is 1. The average Bonchev–Trinajstić information content (AvgIpc) is 2.84. The van der Waals surface area contributed by atoms with Gasteiger partial charge in [-0.25, -0.2) is 0 Å². The Bertz CT molecular complexity index is 958. The minimum atomic E-state index is -0.387. The second-order valence-corrected chi connectivity index (χ2v) is 7.28. The SMILES string of the molecule is COc1ccc(C(CN[C@@H](CO)c2ccc(O)c(NC=O)c2)c2ccc(OC)cc2)cc1. The summed E-state index contributed by atoms with van der Waals surface area (Å²) < 4.78 is 10.6. The Labute approximate surface area is 187 Å². The number of aliphatic hydroxyl groups is 1. The lowest BCUT2D eigenvalue weighted by Gasteiger charge is -2.24. The van der Waals surface area contributed by atoms with Crippen molar-refractivity contribution in [3.8, 4) is 17.2 Å². The standard InChI is InChI=1S/C25H28N2O5/c1-31-20-8-3-17(4-9-20)22(18-5-10-21(32-2)11-6-18)14-26-24(15-28)19-7-12-25(30)23(13-19)27-16-29/h3-13,16,22,24,26,28,30H,14-15H2,1-2H3,(H,27,29)/t24-/m0/s1. The summed E-state index contributed by atoms with van der Waals surface area (Å²) in [5.41, 5.74) is 3.22. The molecule has 7 heteroatoms. The molecule has 0 saturated carbocycles. The molecule has 0 heterocycles. The lowest BCUT2D eigenvalue weighted by molar-refractivity contribution is -0.105. The molecule has 0 aliphatic carbocycles. The van der Waals surface area contributed by atoms with E-state index in [2.05, 4.69) is 10.6 Å². The maximum absolute atomic E-state index is 10.8. The van der Waals surface area contributed by atoms with Gasteiger partial charge in [-0.05, 0) is 53.1 Å². The molecule has 32 heavy (non-hydrogen) atoms. The molecule has 0 aliphatic rings. The van der Waals surface area contributed by atoms with E-state index in [-0.39, 0.29) is 24.3 Å². The van der Waals surface area contributed by atoms with Gasteiger partial charge in [0.2, 0.25) is 6.41 Å². The summed E-state index contributed by atoms with van der Waals surface area (Å²) in [6.45, 7) is 0.393. The van der Waals surface area contributed by atoms with Crippen LogP contribution in [-0.4, -0.2) is 44.0 Å². The van der Waals surface area contributed by atoms with Gasteiger partial charge in [-0.2, -0.15) is 0 Å². The molecule has 7 nitrogen and oxygen atoms in total. The summed E-state index contributed by atoms with van der Waals surface area (Å²) in [7, 11) is 3.27. The van der Waals surface area contributed by atoms with Crippen LogP contribution in [0.5, 0.6) is 17.2 Å². The number of phenols is 1. The zero-order valence-corrected chi connectivity index (χ0v) is 18.1. The summed E-state index contributed by atoms with van der Waals surface area (Å²) in [6.07, 6.45) is 0.504. The average molecular weight is 437 g/mol. The Hall–Kier alpha value is -3.55. The van der Waals surface area contributed by atoms with Gasteiger partial charge in [0, 0.05) is 12.5 Å². The first-order valence-corrected chi connectivity index (χ1v) is 10.2. The number of nitrogens with one attached hydrogen (secondary N) is 2. The van der Waals surface area contributed by atoms with E-state index < -0.39 is 0 Å². The Morgan fingerprint density at radius 3 is 1.88 bits per heavy atom. The van der Waals surface area contributed by atoms with Crippen LogP contribution in [-0.2, 0) is 4.79 Å². The van der Waals surface area contributed by atoms with Gasteiger partial charge in [-0.3, -0.25) is 4.79 Å². The van der Waals surface area contributed by atoms with Crippen LogP contribution in [0.3, 0.4) is 0 Å². The highest BCUT2D eigenvalue weighted by molar-refractivity contribution is 5.75. The second kappa shape index (κ2) is 11.2. The predicted octanol–water partition coefficient (Wildman–Crippen LogP) is 3.43. The largest absolute Gasteiger partial charge is 0.506 e. The normalized spacial score (nSPS) is 11.8. The van der Waals surface area contributed by atoms with Crippen LogP contribution >= 0.6 is 0 Å². The third-order valence-corrected chi connectivity index (χ3v) is 5.42. The number of ether oxygens (including phenoxy) is 2. The Morgan fingerprint density at radius 1 is 0.875 bits per heavy atom. The van der Waals surface area contributed by atoms with Crippen LogP contribution in [0.4, 0.5) is 5.69 Å². The smallest absolute Gasteiger partial charge is 0.211 e. The molecule has 3 aromatic carbocycles. The zero-order chi connectivity index (χ0) is 22.9. The lowest BCUT2D eigenvalue weighted by atomic mass is 9.90. The van der Waals surface area contributed by atoms with Crippen molar-refractivity contribution in [1.29, 1.82) is 0 Å². The first-order valence-electron chi connectivity index (χ1n) is 10.2. The van der Waals surface area contributed by atoms with E-state index in [0.717, 1.165) is 28.2 Å². The number of aromatic hydroxyl groups is 1. The van der Waals surface area contributed by atoms with E-state index in [1.165, 1.54) is 6.07 Å². The van der Waals surface area contributed by atoms with Crippen molar-refractivity contribution in [3.05, 3.63) is 83.4 Å². The van der Waals surface area contributed by atoms with E-state index in [9.17, 15) is 15.0 Å². The molecular weight excluding hydrogens is 408 g/mol. The lowest BCUT2D eigenvalue weighted by Crippen LogP contribution is -2.29. The molecule has 0 unspecified atom stereocenters. The number of carbonyl (C=O) groups excluding carboxylic acids is 1. The molecule has 0 aromatic heterocycles. The van der Waals surface area contributed by atoms with Gasteiger partial charge in [-0.1, -0.05) is 30.3 Å². The van der Waals surface area contributed by atoms with Gasteiger partial charge in [0.1, 0.15) is 17.2 Å². The van der Waals surface area contributed by atoms with Crippen molar-refractivity contribution in [1.82, 2.24) is 5.32 Å². The van der Waals surface area contributed by atoms with Gasteiger partial charge >= 0.3 is 0 Å². The van der Waals surface area contributed by atoms with Gasteiger partial charge in [0.15, 0.2) is 0 Å². The fraction of sp³-hybridized carbons (Fsp3) is 0.240. The van der Waals surface area contributed by atoms with Gasteiger partial charge in [0.25, 0.3) is 0 Å². The molecule has 3 rings (SSSR count). The van der Waals surface area contributed by atoms with Crippen molar-refractivity contribution < 1.29 is 24.5 Å². The quantitative estimate of drug-likeness (QED) is 0.271. The number of benzene rings is 3. The van der Waals surface area contributed by atoms with E-state index in [1.54, 1.807) is 26.4 Å². The highest BCUT2D eigenvalue weighted by Gasteiger charge is 2.19. The topological polar surface area (TPSA) is 100 Å². The molecule has 0 bridgehead atoms. The summed E-state index contributed by atoms with van der Waals surface area (Å²) >= 11 is 0. The van der Waals surface area contributed by atoms with Gasteiger partial charge in [0.05, 0.1) is 32.6 Å². The molecule has 0 saturated heterocycles. The molecule has 168 valence electrons. The molecule has 4 N–H and O–H groups in total. The van der Waals surface area contributed by atoms with Crippen LogP contribution < -0.4 is 20.1 Å². The second-order valence-electron chi connectivity index (χ2n) is 7.28. The van der Waals surface area contributed by atoms with Crippen LogP contribution in [0.15, 0.2) is 66.7 Å². The number of phenolic OH excluding ortho intramolecular Hbond substituents is 1. The summed E-state index contributed by atoms with van der Waals surface area (Å²) in [4.78, 5) is 10.8. The van der Waals surface area contributed by atoms with Crippen LogP contribution in [0.2, 0.25) is 0 Å². The van der Waals surface area contributed by atoms with Gasteiger partial charge < -0.3 is 30.3 Å². The molecule has 1 amide bonds. The maximum atomic E-state index is 10.8. The van der Waals surface area contributed by atoms with Crippen molar-refractivity contribution in [2.24, 2.45) is 0 Å². The minimum Gasteiger partial charge on any atom is -0.506 e. The van der Waals surface area contributed by atoms with E-state index in [4.69, 9.17) is 9.47 Å². The monoisotopic (exact) mass is 436 g/mol. The molecule has 0 spiro atoms. The molecule has 0 radical (unpaired) electrons. The molecule has 1 atom stereocenters. The number of carbonyl (C=O) groups is 1. The first-order chi connectivity index (χ1) is 15.6. The molecule has 3 aromatic rings. The summed E-state index contributed by atoms with van der Waals surface area (Å²) in [5, 5.41) is 25.8. The van der Waals surface area contributed by atoms with Crippen molar-refractivity contribution in [2.75, 3.05) is 32.7 Å². The maximum Gasteiger partial charge on any atom is 0.211 e. The number of rotatable bonds is 11. The molecule has 0 aliphatic heterocycles. The van der Waals surface area contributed by atoms with Crippen LogP contribution in [0.1, 0.15) is 28.7 Å². The van der Waals surface area contributed by atoms with Crippen LogP contribution in [0.25, 0.3) is 0 Å². The fourth-order valence-corrected chi connectivity index (χ4v) is 3.60. The number of methoxy groups -OCH3 is 2. The Balaban J connectivity index is 1.86. The molecular formula is C25H28N2O5. The first kappa shape index (κ1) is 23.1. The third-order valence-electron chi connectivity index (χ3n) is 5.42. The summed E-state index contributed by atoms with van der Waals surface area (Å²) in [6, 6.07) is 20.3. The van der Waals surface area contributed by atoms with E-state index >= 15 is 0 Å². The van der Waals surface area contributed by atoms with Crippen LogP contribution in [0, 0.1) is 0 Å². The highest BCUT2D eigenvalue weighted by atomic mass is 16.5. The zero-order valence-electron chi connectivity index (χ0n) is 18.1. The Morgan fingerprint density at radius 2 is 1.41 bits per heavy atom. The minimum absolute atomic E-state index is 0.00514. The van der Waals surface area contributed by atoms with E-state index in [1.807, 2.05) is 48.5 Å². The number of hydrogen-bond donors (Lipinski definition) is 4. The fourth-order valence-electron chi connectivity index (χ4n) is 3.60. The molecule has 0 fully saturated rings. The summed E-state index contributed by atoms with van der Waals surface area (Å²) in [5.74, 6) is 1.53. The van der Waals surface area contributed by atoms with Gasteiger partial charge in [-0.15, -0.1) is 0 Å². The number of anilines is 1. The van der Waals surface area contributed by atoms with E-state index in [0.29, 0.717) is 18.6 Å². The van der Waals surface area contributed by atoms with Crippen molar-refractivity contribution in [3.63, 3.8) is 0 Å². The Kier molecular flexibility index (Phi) is 8.08.